The van der Waals surface area contributed by atoms with Crippen molar-refractivity contribution in [2.45, 2.75) is 15.5 Å². The van der Waals surface area contributed by atoms with E-state index in [1.807, 2.05) is 60.7 Å². The molecular weight excluding hydrogens is 417 g/mol. The number of amides is 1. The average molecular weight is 434 g/mol. The molecule has 0 radical (unpaired) electrons. The van der Waals surface area contributed by atoms with E-state index in [2.05, 4.69) is 5.32 Å². The number of thioether (sulfide) groups is 1. The van der Waals surface area contributed by atoms with Gasteiger partial charge in [-0.25, -0.2) is 0 Å². The van der Waals surface area contributed by atoms with E-state index in [0.29, 0.717) is 21.6 Å². The first kappa shape index (κ1) is 20.2. The van der Waals surface area contributed by atoms with Crippen LogP contribution in [0.5, 0.6) is 0 Å². The van der Waals surface area contributed by atoms with Crippen molar-refractivity contribution in [3.63, 3.8) is 0 Å². The van der Waals surface area contributed by atoms with Crippen LogP contribution in [0.1, 0.15) is 5.56 Å². The zero-order valence-corrected chi connectivity index (χ0v) is 17.5. The zero-order chi connectivity index (χ0) is 19.1. The highest BCUT2D eigenvalue weighted by atomic mass is 35.5. The fraction of sp³-hybridized carbons (Fsp3) is 0.0952. The molecule has 0 fully saturated rings. The predicted octanol–water partition coefficient (Wildman–Crippen LogP) is 7.02. The Morgan fingerprint density at radius 2 is 1.52 bits per heavy atom. The summed E-state index contributed by atoms with van der Waals surface area (Å²) in [5.41, 5.74) is 1.67. The summed E-state index contributed by atoms with van der Waals surface area (Å²) in [5, 5.41) is 4.25. The van der Waals surface area contributed by atoms with Crippen molar-refractivity contribution in [2.24, 2.45) is 0 Å². The minimum Gasteiger partial charge on any atom is -0.324 e. The number of benzene rings is 3. The Labute approximate surface area is 177 Å². The second-order valence-corrected chi connectivity index (χ2v) is 8.57. The molecule has 1 N–H and O–H groups in total. The summed E-state index contributed by atoms with van der Waals surface area (Å²) in [6.07, 6.45) is 0. The summed E-state index contributed by atoms with van der Waals surface area (Å²) in [7, 11) is 0. The Hall–Kier alpha value is -1.59. The van der Waals surface area contributed by atoms with E-state index in [1.165, 1.54) is 11.8 Å². The van der Waals surface area contributed by atoms with Crippen molar-refractivity contribution >= 4 is 58.3 Å². The van der Waals surface area contributed by atoms with Gasteiger partial charge in [-0.05, 0) is 42.0 Å². The molecule has 3 aromatic rings. The molecule has 2 nitrogen and oxygen atoms in total. The molecule has 0 aromatic heterocycles. The summed E-state index contributed by atoms with van der Waals surface area (Å²) in [6.45, 7) is 0. The standard InChI is InChI=1S/C21H17Cl2NOS2/c22-17-9-6-10-18(23)16(17)13-26-14-21(25)24-19-11-4-5-12-20(19)27-15-7-2-1-3-8-15/h1-12H,13-14H2,(H,24,25). The monoisotopic (exact) mass is 433 g/mol. The van der Waals surface area contributed by atoms with Crippen LogP contribution in [0.4, 0.5) is 5.69 Å². The first-order chi connectivity index (χ1) is 13.1. The Balaban J connectivity index is 1.58. The number of para-hydroxylation sites is 1. The number of nitrogens with one attached hydrogen (secondary N) is 1. The van der Waals surface area contributed by atoms with Gasteiger partial charge in [-0.15, -0.1) is 11.8 Å². The lowest BCUT2D eigenvalue weighted by atomic mass is 10.2. The molecule has 0 saturated heterocycles. The van der Waals surface area contributed by atoms with Gasteiger partial charge < -0.3 is 5.32 Å². The van der Waals surface area contributed by atoms with E-state index in [9.17, 15) is 4.79 Å². The van der Waals surface area contributed by atoms with Crippen LogP contribution in [-0.2, 0) is 10.5 Å². The number of halogens is 2. The maximum absolute atomic E-state index is 12.4. The lowest BCUT2D eigenvalue weighted by Crippen LogP contribution is -2.14. The van der Waals surface area contributed by atoms with Gasteiger partial charge in [-0.1, -0.05) is 71.4 Å². The Morgan fingerprint density at radius 1 is 0.852 bits per heavy atom. The quantitative estimate of drug-likeness (QED) is 0.433. The summed E-state index contributed by atoms with van der Waals surface area (Å²) in [4.78, 5) is 14.5. The molecule has 3 rings (SSSR count). The van der Waals surface area contributed by atoms with Gasteiger partial charge in [0, 0.05) is 25.6 Å². The van der Waals surface area contributed by atoms with Gasteiger partial charge in [0.15, 0.2) is 0 Å². The zero-order valence-electron chi connectivity index (χ0n) is 14.3. The van der Waals surface area contributed by atoms with Crippen molar-refractivity contribution < 1.29 is 4.79 Å². The van der Waals surface area contributed by atoms with Crippen LogP contribution in [0.15, 0.2) is 82.6 Å². The fourth-order valence-corrected chi connectivity index (χ4v) is 4.86. The second-order valence-electron chi connectivity index (χ2n) is 5.65. The van der Waals surface area contributed by atoms with Crippen molar-refractivity contribution in [3.05, 3.63) is 88.4 Å². The topological polar surface area (TPSA) is 29.1 Å². The maximum Gasteiger partial charge on any atom is 0.234 e. The highest BCUT2D eigenvalue weighted by molar-refractivity contribution is 7.99. The number of carbonyl (C=O) groups excluding carboxylic acids is 1. The number of hydrogen-bond acceptors (Lipinski definition) is 3. The largest absolute Gasteiger partial charge is 0.324 e. The van der Waals surface area contributed by atoms with Gasteiger partial charge >= 0.3 is 0 Å². The molecular formula is C21H17Cl2NOS2. The number of rotatable bonds is 7. The van der Waals surface area contributed by atoms with Crippen LogP contribution in [-0.4, -0.2) is 11.7 Å². The molecule has 0 aliphatic heterocycles. The van der Waals surface area contributed by atoms with Crippen LogP contribution < -0.4 is 5.32 Å². The van der Waals surface area contributed by atoms with Gasteiger partial charge in [-0.3, -0.25) is 4.79 Å². The van der Waals surface area contributed by atoms with E-state index in [0.717, 1.165) is 21.0 Å². The average Bonchev–Trinajstić information content (AvgIpc) is 2.66. The minimum absolute atomic E-state index is 0.0516. The molecule has 138 valence electrons. The highest BCUT2D eigenvalue weighted by Crippen LogP contribution is 2.33. The van der Waals surface area contributed by atoms with Gasteiger partial charge in [-0.2, -0.15) is 0 Å². The lowest BCUT2D eigenvalue weighted by molar-refractivity contribution is -0.113. The van der Waals surface area contributed by atoms with E-state index in [4.69, 9.17) is 23.2 Å². The molecule has 0 bridgehead atoms. The molecule has 0 heterocycles. The molecule has 0 saturated carbocycles. The van der Waals surface area contributed by atoms with Crippen LogP contribution in [0.2, 0.25) is 10.0 Å². The molecule has 0 unspecified atom stereocenters. The summed E-state index contributed by atoms with van der Waals surface area (Å²) >= 11 is 15.5. The fourth-order valence-electron chi connectivity index (χ4n) is 2.38. The van der Waals surface area contributed by atoms with Gasteiger partial charge in [0.25, 0.3) is 0 Å². The van der Waals surface area contributed by atoms with Crippen LogP contribution in [0.3, 0.4) is 0 Å². The van der Waals surface area contributed by atoms with E-state index in [-0.39, 0.29) is 5.91 Å². The van der Waals surface area contributed by atoms with E-state index in [1.54, 1.807) is 23.9 Å². The minimum atomic E-state index is -0.0516. The van der Waals surface area contributed by atoms with Crippen molar-refractivity contribution in [3.8, 4) is 0 Å². The predicted molar refractivity (Wildman–Crippen MR) is 118 cm³/mol. The molecule has 1 amide bonds. The lowest BCUT2D eigenvalue weighted by Gasteiger charge is -2.11. The molecule has 0 atom stereocenters. The van der Waals surface area contributed by atoms with Gasteiger partial charge in [0.2, 0.25) is 5.91 Å². The molecule has 0 spiro atoms. The second kappa shape index (κ2) is 10.1. The van der Waals surface area contributed by atoms with Crippen LogP contribution >= 0.6 is 46.7 Å². The SMILES string of the molecule is O=C(CSCc1c(Cl)cccc1Cl)Nc1ccccc1Sc1ccccc1. The summed E-state index contributed by atoms with van der Waals surface area (Å²) in [5.74, 6) is 0.863. The van der Waals surface area contributed by atoms with Crippen LogP contribution in [0, 0.1) is 0 Å². The number of hydrogen-bond donors (Lipinski definition) is 1. The number of carbonyl (C=O) groups is 1. The summed E-state index contributed by atoms with van der Waals surface area (Å²) < 4.78 is 0. The Bertz CT molecular complexity index is 899. The van der Waals surface area contributed by atoms with Crippen molar-refractivity contribution in [1.82, 2.24) is 0 Å². The Kier molecular flexibility index (Phi) is 7.53. The van der Waals surface area contributed by atoms with Crippen molar-refractivity contribution in [1.29, 1.82) is 0 Å². The maximum atomic E-state index is 12.4. The third kappa shape index (κ3) is 5.94. The summed E-state index contributed by atoms with van der Waals surface area (Å²) in [6, 6.07) is 23.3. The smallest absolute Gasteiger partial charge is 0.234 e. The highest BCUT2D eigenvalue weighted by Gasteiger charge is 2.10. The third-order valence-corrected chi connectivity index (χ3v) is 6.42. The first-order valence-electron chi connectivity index (χ1n) is 8.26. The third-order valence-electron chi connectivity index (χ3n) is 3.67. The van der Waals surface area contributed by atoms with Gasteiger partial charge in [0.05, 0.1) is 11.4 Å². The molecule has 0 aliphatic carbocycles. The normalized spacial score (nSPS) is 10.6. The number of anilines is 1. The first-order valence-corrected chi connectivity index (χ1v) is 11.0. The van der Waals surface area contributed by atoms with Crippen LogP contribution in [0.25, 0.3) is 0 Å². The van der Waals surface area contributed by atoms with E-state index >= 15 is 0 Å². The molecule has 3 aromatic carbocycles. The molecule has 0 aliphatic rings. The van der Waals surface area contributed by atoms with E-state index < -0.39 is 0 Å². The molecule has 27 heavy (non-hydrogen) atoms. The molecule has 6 heteroatoms. The van der Waals surface area contributed by atoms with Crippen molar-refractivity contribution in [2.75, 3.05) is 11.1 Å². The Morgan fingerprint density at radius 3 is 2.26 bits per heavy atom. The van der Waals surface area contributed by atoms with Gasteiger partial charge in [0.1, 0.15) is 0 Å².